The minimum Gasteiger partial charge on any atom is -0.333 e. The van der Waals surface area contributed by atoms with Gasteiger partial charge in [-0.3, -0.25) is 0 Å². The molecule has 0 amide bonds. The molecule has 1 unspecified atom stereocenters. The molecule has 1 aliphatic rings. The Morgan fingerprint density at radius 3 is 3.31 bits per heavy atom. The zero-order chi connectivity index (χ0) is 11.2. The Morgan fingerprint density at radius 2 is 2.56 bits per heavy atom. The number of thioether (sulfide) groups is 1. The summed E-state index contributed by atoms with van der Waals surface area (Å²) in [5, 5.41) is 4.38. The van der Waals surface area contributed by atoms with Gasteiger partial charge in [0.25, 0.3) is 0 Å². The van der Waals surface area contributed by atoms with Crippen molar-refractivity contribution in [1.82, 2.24) is 14.9 Å². The van der Waals surface area contributed by atoms with Gasteiger partial charge in [0.1, 0.15) is 0 Å². The summed E-state index contributed by atoms with van der Waals surface area (Å²) in [5.41, 5.74) is 1.31. The first-order valence-corrected chi connectivity index (χ1v) is 7.26. The number of hydrogen-bond acceptors (Lipinski definition) is 3. The maximum Gasteiger partial charge on any atom is 0.0948 e. The number of nitrogens with one attached hydrogen (secondary N) is 1. The molecule has 1 atom stereocenters. The Hall–Kier alpha value is -0.480. The molecule has 0 aliphatic carbocycles. The highest BCUT2D eigenvalue weighted by atomic mass is 32.2. The third-order valence-electron chi connectivity index (χ3n) is 2.97. The Kier molecular flexibility index (Phi) is 4.72. The fourth-order valence-electron chi connectivity index (χ4n) is 2.10. The van der Waals surface area contributed by atoms with Gasteiger partial charge in [-0.15, -0.1) is 0 Å². The van der Waals surface area contributed by atoms with Gasteiger partial charge in [0.2, 0.25) is 0 Å². The third kappa shape index (κ3) is 3.25. The Morgan fingerprint density at radius 1 is 1.62 bits per heavy atom. The highest BCUT2D eigenvalue weighted by molar-refractivity contribution is 8.00. The van der Waals surface area contributed by atoms with Crippen molar-refractivity contribution in [1.29, 1.82) is 0 Å². The highest BCUT2D eigenvalue weighted by Crippen LogP contribution is 2.25. The van der Waals surface area contributed by atoms with Crippen LogP contribution in [0.25, 0.3) is 0 Å². The van der Waals surface area contributed by atoms with Gasteiger partial charge in [-0.1, -0.05) is 6.92 Å². The van der Waals surface area contributed by atoms with E-state index in [1.807, 2.05) is 12.5 Å². The second-order valence-corrected chi connectivity index (χ2v) is 5.75. The molecule has 90 valence electrons. The lowest BCUT2D eigenvalue weighted by Crippen LogP contribution is -2.23. The van der Waals surface area contributed by atoms with Gasteiger partial charge in [0.15, 0.2) is 0 Å². The van der Waals surface area contributed by atoms with Crippen LogP contribution in [0.15, 0.2) is 12.5 Å². The molecule has 0 radical (unpaired) electrons. The van der Waals surface area contributed by atoms with Crippen molar-refractivity contribution in [3.63, 3.8) is 0 Å². The van der Waals surface area contributed by atoms with Crippen LogP contribution in [0.5, 0.6) is 0 Å². The quantitative estimate of drug-likeness (QED) is 0.826. The van der Waals surface area contributed by atoms with Crippen molar-refractivity contribution in [2.45, 2.75) is 44.5 Å². The number of rotatable bonds is 6. The molecule has 0 saturated carbocycles. The molecular weight excluding hydrogens is 218 g/mol. The van der Waals surface area contributed by atoms with E-state index >= 15 is 0 Å². The predicted octanol–water partition coefficient (Wildman–Crippen LogP) is 2.28. The van der Waals surface area contributed by atoms with E-state index in [-0.39, 0.29) is 0 Å². The second-order valence-electron chi connectivity index (χ2n) is 4.34. The molecule has 1 fully saturated rings. The summed E-state index contributed by atoms with van der Waals surface area (Å²) in [6.07, 6.45) is 7.85. The first-order valence-electron chi connectivity index (χ1n) is 6.21. The molecule has 1 aromatic heterocycles. The number of aryl methyl sites for hydroxylation is 1. The van der Waals surface area contributed by atoms with Crippen molar-refractivity contribution < 1.29 is 0 Å². The lowest BCUT2D eigenvalue weighted by atomic mass is 10.2. The minimum atomic E-state index is 0.836. The summed E-state index contributed by atoms with van der Waals surface area (Å²) in [4.78, 5) is 4.21. The summed E-state index contributed by atoms with van der Waals surface area (Å²) in [7, 11) is 0. The van der Waals surface area contributed by atoms with Crippen LogP contribution < -0.4 is 5.32 Å². The normalized spacial score (nSPS) is 20.4. The number of nitrogens with zero attached hydrogens (tertiary/aromatic N) is 2. The lowest BCUT2D eigenvalue weighted by Gasteiger charge is -2.11. The molecule has 1 N–H and O–H groups in total. The van der Waals surface area contributed by atoms with Crippen LogP contribution in [-0.4, -0.2) is 27.1 Å². The predicted molar refractivity (Wildman–Crippen MR) is 69.7 cm³/mol. The van der Waals surface area contributed by atoms with Crippen LogP contribution in [0.1, 0.15) is 31.9 Å². The van der Waals surface area contributed by atoms with Crippen molar-refractivity contribution >= 4 is 11.8 Å². The molecule has 3 nitrogen and oxygen atoms in total. The summed E-state index contributed by atoms with van der Waals surface area (Å²) in [5.74, 6) is 1.35. The molecule has 0 spiro atoms. The van der Waals surface area contributed by atoms with E-state index in [0.29, 0.717) is 0 Å². The SMILES string of the molecule is CCCn1cncc1CNCC1CCCS1. The second kappa shape index (κ2) is 6.30. The Bertz CT molecular complexity index is 305. The molecule has 2 rings (SSSR count). The van der Waals surface area contributed by atoms with Crippen LogP contribution >= 0.6 is 11.8 Å². The van der Waals surface area contributed by atoms with Crippen molar-refractivity contribution in [2.75, 3.05) is 12.3 Å². The largest absolute Gasteiger partial charge is 0.333 e. The number of hydrogen-bond donors (Lipinski definition) is 1. The van der Waals surface area contributed by atoms with Crippen LogP contribution in [0, 0.1) is 0 Å². The monoisotopic (exact) mass is 239 g/mol. The van der Waals surface area contributed by atoms with Gasteiger partial charge in [0, 0.05) is 31.1 Å². The number of aromatic nitrogens is 2. The minimum absolute atomic E-state index is 0.836. The summed E-state index contributed by atoms with van der Waals surface area (Å²) < 4.78 is 2.24. The summed E-state index contributed by atoms with van der Waals surface area (Å²) in [6, 6.07) is 0. The molecule has 16 heavy (non-hydrogen) atoms. The standard InChI is InChI=1S/C12H21N3S/c1-2-5-15-10-14-8-11(15)7-13-9-12-4-3-6-16-12/h8,10,12-13H,2-7,9H2,1H3. The number of imidazole rings is 1. The van der Waals surface area contributed by atoms with Crippen LogP contribution in [0.4, 0.5) is 0 Å². The first-order chi connectivity index (χ1) is 7.90. The molecule has 1 aliphatic heterocycles. The maximum atomic E-state index is 4.21. The van der Waals surface area contributed by atoms with Crippen LogP contribution in [0.2, 0.25) is 0 Å². The molecule has 4 heteroatoms. The van der Waals surface area contributed by atoms with Crippen molar-refractivity contribution in [3.05, 3.63) is 18.2 Å². The maximum absolute atomic E-state index is 4.21. The summed E-state index contributed by atoms with van der Waals surface area (Å²) in [6.45, 7) is 5.38. The Balaban J connectivity index is 1.73. The molecule has 0 bridgehead atoms. The van der Waals surface area contributed by atoms with E-state index in [1.54, 1.807) is 0 Å². The van der Waals surface area contributed by atoms with E-state index in [1.165, 1.54) is 30.7 Å². The van der Waals surface area contributed by atoms with Gasteiger partial charge in [-0.25, -0.2) is 4.98 Å². The van der Waals surface area contributed by atoms with Gasteiger partial charge >= 0.3 is 0 Å². The van der Waals surface area contributed by atoms with Gasteiger partial charge in [-0.2, -0.15) is 11.8 Å². The fourth-order valence-corrected chi connectivity index (χ4v) is 3.34. The van der Waals surface area contributed by atoms with Gasteiger partial charge in [0.05, 0.1) is 12.0 Å². The van der Waals surface area contributed by atoms with E-state index in [2.05, 4.69) is 33.6 Å². The topological polar surface area (TPSA) is 29.9 Å². The first kappa shape index (κ1) is 12.0. The molecule has 2 heterocycles. The van der Waals surface area contributed by atoms with Crippen LogP contribution in [0.3, 0.4) is 0 Å². The lowest BCUT2D eigenvalue weighted by molar-refractivity contribution is 0.590. The van der Waals surface area contributed by atoms with E-state index in [4.69, 9.17) is 0 Å². The van der Waals surface area contributed by atoms with E-state index in [9.17, 15) is 0 Å². The zero-order valence-corrected chi connectivity index (χ0v) is 10.8. The molecular formula is C12H21N3S. The molecule has 0 aromatic carbocycles. The van der Waals surface area contributed by atoms with E-state index in [0.717, 1.165) is 24.9 Å². The average Bonchev–Trinajstić information content (AvgIpc) is 2.91. The van der Waals surface area contributed by atoms with Gasteiger partial charge < -0.3 is 9.88 Å². The zero-order valence-electron chi connectivity index (χ0n) is 9.98. The highest BCUT2D eigenvalue weighted by Gasteiger charge is 2.14. The molecule has 1 saturated heterocycles. The Labute approximate surface area is 102 Å². The van der Waals surface area contributed by atoms with Crippen molar-refractivity contribution in [2.24, 2.45) is 0 Å². The fraction of sp³-hybridized carbons (Fsp3) is 0.750. The smallest absolute Gasteiger partial charge is 0.0948 e. The van der Waals surface area contributed by atoms with Crippen LogP contribution in [-0.2, 0) is 13.1 Å². The van der Waals surface area contributed by atoms with E-state index < -0.39 is 0 Å². The molecule has 1 aromatic rings. The van der Waals surface area contributed by atoms with Crippen molar-refractivity contribution in [3.8, 4) is 0 Å². The third-order valence-corrected chi connectivity index (χ3v) is 4.36. The van der Waals surface area contributed by atoms with Gasteiger partial charge in [-0.05, 0) is 25.0 Å². The summed E-state index contributed by atoms with van der Waals surface area (Å²) >= 11 is 2.11. The average molecular weight is 239 g/mol.